The predicted molar refractivity (Wildman–Crippen MR) is 72.5 cm³/mol. The Bertz CT molecular complexity index is 519. The van der Waals surface area contributed by atoms with Crippen LogP contribution in [0.25, 0.3) is 0 Å². The molecule has 0 aliphatic carbocycles. The second kappa shape index (κ2) is 5.00. The minimum absolute atomic E-state index is 0.209. The zero-order chi connectivity index (χ0) is 14.3. The van der Waals surface area contributed by atoms with Gasteiger partial charge in [-0.05, 0) is 30.9 Å². The first kappa shape index (κ1) is 13.3. The second-order valence-corrected chi connectivity index (χ2v) is 5.36. The fourth-order valence-electron chi connectivity index (χ4n) is 2.88. The van der Waals surface area contributed by atoms with Crippen LogP contribution in [-0.2, 0) is 20.9 Å². The highest BCUT2D eigenvalue weighted by molar-refractivity contribution is 6.02. The highest BCUT2D eigenvalue weighted by Gasteiger charge is 2.48. The number of carbonyl (C=O) groups excluding carboxylic acids is 2. The van der Waals surface area contributed by atoms with Crippen LogP contribution in [0.4, 0.5) is 0 Å². The first-order valence-corrected chi connectivity index (χ1v) is 6.93. The fraction of sp³-hybridized carbons (Fsp3) is 0.467. The molecule has 1 aromatic rings. The SMILES string of the molecule is CC(c1ccc(CN)cc1)N1C(=O)C2CCC(O2)C1=O. The minimum atomic E-state index is -0.441. The molecular weight excluding hydrogens is 256 g/mol. The lowest BCUT2D eigenvalue weighted by Gasteiger charge is -2.34. The molecule has 2 amide bonds. The lowest BCUT2D eigenvalue weighted by atomic mass is 10.0. The van der Waals surface area contributed by atoms with Gasteiger partial charge in [0.1, 0.15) is 12.2 Å². The van der Waals surface area contributed by atoms with Gasteiger partial charge in [-0.25, -0.2) is 0 Å². The minimum Gasteiger partial charge on any atom is -0.355 e. The topological polar surface area (TPSA) is 72.6 Å². The number of amides is 2. The number of ether oxygens (including phenoxy) is 1. The standard InChI is InChI=1S/C15H18N2O3/c1-9(11-4-2-10(8-16)3-5-11)17-14(18)12-6-7-13(20-12)15(17)19/h2-5,9,12-13H,6-8,16H2,1H3. The molecule has 1 aromatic carbocycles. The van der Waals surface area contributed by atoms with Crippen molar-refractivity contribution in [3.05, 3.63) is 35.4 Å². The first-order chi connectivity index (χ1) is 9.61. The maximum Gasteiger partial charge on any atom is 0.258 e. The largest absolute Gasteiger partial charge is 0.355 e. The van der Waals surface area contributed by atoms with Gasteiger partial charge in [0.2, 0.25) is 0 Å². The number of benzene rings is 1. The molecule has 3 unspecified atom stereocenters. The van der Waals surface area contributed by atoms with E-state index in [0.29, 0.717) is 19.4 Å². The molecule has 2 saturated heterocycles. The number of imide groups is 1. The summed E-state index contributed by atoms with van der Waals surface area (Å²) in [7, 11) is 0. The maximum absolute atomic E-state index is 12.3. The van der Waals surface area contributed by atoms with Crippen molar-refractivity contribution in [3.63, 3.8) is 0 Å². The molecule has 5 heteroatoms. The monoisotopic (exact) mass is 274 g/mol. The van der Waals surface area contributed by atoms with E-state index in [0.717, 1.165) is 11.1 Å². The van der Waals surface area contributed by atoms with Gasteiger partial charge in [-0.2, -0.15) is 0 Å². The van der Waals surface area contributed by atoms with Crippen molar-refractivity contribution in [1.29, 1.82) is 0 Å². The van der Waals surface area contributed by atoms with Crippen LogP contribution in [0.5, 0.6) is 0 Å². The van der Waals surface area contributed by atoms with Crippen LogP contribution in [0, 0.1) is 0 Å². The lowest BCUT2D eigenvalue weighted by Crippen LogP contribution is -2.52. The van der Waals surface area contributed by atoms with Crippen LogP contribution < -0.4 is 5.73 Å². The van der Waals surface area contributed by atoms with Crippen molar-refractivity contribution in [2.45, 2.75) is 44.6 Å². The summed E-state index contributed by atoms with van der Waals surface area (Å²) in [6.07, 6.45) is 0.404. The zero-order valence-corrected chi connectivity index (χ0v) is 11.4. The van der Waals surface area contributed by atoms with Crippen molar-refractivity contribution in [3.8, 4) is 0 Å². The lowest BCUT2D eigenvalue weighted by molar-refractivity contribution is -0.171. The third kappa shape index (κ3) is 2.03. The predicted octanol–water partition coefficient (Wildman–Crippen LogP) is 1.12. The molecule has 2 fully saturated rings. The van der Waals surface area contributed by atoms with E-state index in [4.69, 9.17) is 10.5 Å². The summed E-state index contributed by atoms with van der Waals surface area (Å²) in [5.74, 6) is -0.418. The summed E-state index contributed by atoms with van der Waals surface area (Å²) in [5, 5.41) is 0. The molecule has 2 bridgehead atoms. The molecule has 2 aliphatic heterocycles. The molecule has 2 N–H and O–H groups in total. The number of nitrogens with zero attached hydrogens (tertiary/aromatic N) is 1. The van der Waals surface area contributed by atoms with Crippen molar-refractivity contribution >= 4 is 11.8 Å². The number of hydrogen-bond donors (Lipinski definition) is 1. The average molecular weight is 274 g/mol. The van der Waals surface area contributed by atoms with Gasteiger partial charge in [-0.1, -0.05) is 24.3 Å². The van der Waals surface area contributed by atoms with E-state index < -0.39 is 12.2 Å². The highest BCUT2D eigenvalue weighted by atomic mass is 16.5. The number of morpholine rings is 1. The van der Waals surface area contributed by atoms with Gasteiger partial charge in [-0.3, -0.25) is 14.5 Å². The molecule has 3 atom stereocenters. The molecule has 3 rings (SSSR count). The van der Waals surface area contributed by atoms with E-state index in [1.165, 1.54) is 4.90 Å². The third-order valence-corrected chi connectivity index (χ3v) is 4.13. The summed E-state index contributed by atoms with van der Waals surface area (Å²) >= 11 is 0. The Hall–Kier alpha value is -1.72. The number of hydrogen-bond acceptors (Lipinski definition) is 4. The number of fused-ring (bicyclic) bond motifs is 2. The smallest absolute Gasteiger partial charge is 0.258 e. The maximum atomic E-state index is 12.3. The zero-order valence-electron chi connectivity index (χ0n) is 11.4. The van der Waals surface area contributed by atoms with Crippen molar-refractivity contribution in [2.75, 3.05) is 0 Å². The molecule has 0 saturated carbocycles. The van der Waals surface area contributed by atoms with Crippen molar-refractivity contribution < 1.29 is 14.3 Å². The molecule has 0 aromatic heterocycles. The van der Waals surface area contributed by atoms with E-state index in [2.05, 4.69) is 0 Å². The summed E-state index contributed by atoms with van der Waals surface area (Å²) in [5.41, 5.74) is 7.54. The van der Waals surface area contributed by atoms with Gasteiger partial charge in [0.15, 0.2) is 0 Å². The van der Waals surface area contributed by atoms with Gasteiger partial charge in [-0.15, -0.1) is 0 Å². The average Bonchev–Trinajstić information content (AvgIpc) is 2.92. The van der Waals surface area contributed by atoms with E-state index >= 15 is 0 Å². The van der Waals surface area contributed by atoms with Gasteiger partial charge in [0, 0.05) is 6.54 Å². The number of nitrogens with two attached hydrogens (primary N) is 1. The Kier molecular flexibility index (Phi) is 3.31. The Balaban J connectivity index is 1.86. The van der Waals surface area contributed by atoms with E-state index in [-0.39, 0.29) is 17.9 Å². The Morgan fingerprint density at radius 3 is 2.25 bits per heavy atom. The Labute approximate surface area is 117 Å². The third-order valence-electron chi connectivity index (χ3n) is 4.13. The normalized spacial score (nSPS) is 27.0. The van der Waals surface area contributed by atoms with E-state index in [1.54, 1.807) is 0 Å². The Morgan fingerprint density at radius 1 is 1.20 bits per heavy atom. The molecule has 2 aliphatic rings. The van der Waals surface area contributed by atoms with Crippen molar-refractivity contribution in [1.82, 2.24) is 4.90 Å². The van der Waals surface area contributed by atoms with Crippen LogP contribution in [0.15, 0.2) is 24.3 Å². The number of rotatable bonds is 3. The number of likely N-dealkylation sites (tertiary alicyclic amines) is 1. The number of carbonyl (C=O) groups is 2. The molecule has 0 radical (unpaired) electrons. The summed E-state index contributed by atoms with van der Waals surface area (Å²) < 4.78 is 5.42. The fourth-order valence-corrected chi connectivity index (χ4v) is 2.88. The van der Waals surface area contributed by atoms with Gasteiger partial charge in [0.05, 0.1) is 6.04 Å². The quantitative estimate of drug-likeness (QED) is 0.838. The highest BCUT2D eigenvalue weighted by Crippen LogP contribution is 2.33. The summed E-state index contributed by atoms with van der Waals surface area (Å²) in [6, 6.07) is 7.43. The van der Waals surface area contributed by atoms with Crippen LogP contribution in [-0.4, -0.2) is 28.9 Å². The molecule has 20 heavy (non-hydrogen) atoms. The van der Waals surface area contributed by atoms with Gasteiger partial charge in [0.25, 0.3) is 11.8 Å². The van der Waals surface area contributed by atoms with Crippen LogP contribution in [0.3, 0.4) is 0 Å². The first-order valence-electron chi connectivity index (χ1n) is 6.93. The molecule has 5 nitrogen and oxygen atoms in total. The summed E-state index contributed by atoms with van der Waals surface area (Å²) in [6.45, 7) is 2.35. The molecule has 106 valence electrons. The Morgan fingerprint density at radius 2 is 1.75 bits per heavy atom. The molecule has 2 heterocycles. The van der Waals surface area contributed by atoms with Crippen molar-refractivity contribution in [2.24, 2.45) is 5.73 Å². The summed E-state index contributed by atoms with van der Waals surface area (Å²) in [4.78, 5) is 25.9. The van der Waals surface area contributed by atoms with E-state index in [1.807, 2.05) is 31.2 Å². The van der Waals surface area contributed by atoms with E-state index in [9.17, 15) is 9.59 Å². The van der Waals surface area contributed by atoms with Crippen LogP contribution in [0.2, 0.25) is 0 Å². The molecular formula is C15H18N2O3. The van der Waals surface area contributed by atoms with Gasteiger partial charge >= 0.3 is 0 Å². The van der Waals surface area contributed by atoms with Crippen LogP contribution in [0.1, 0.15) is 36.9 Å². The van der Waals surface area contributed by atoms with Gasteiger partial charge < -0.3 is 10.5 Å². The molecule has 0 spiro atoms. The van der Waals surface area contributed by atoms with Crippen LogP contribution >= 0.6 is 0 Å². The second-order valence-electron chi connectivity index (χ2n) is 5.36.